The van der Waals surface area contributed by atoms with Gasteiger partial charge in [-0.25, -0.2) is 4.39 Å². The van der Waals surface area contributed by atoms with Gasteiger partial charge in [-0.15, -0.1) is 23.4 Å². The number of carbonyl (C=O) groups is 2. The molecule has 1 aromatic carbocycles. The maximum atomic E-state index is 14.0. The van der Waals surface area contributed by atoms with E-state index >= 15 is 0 Å². The Morgan fingerprint density at radius 2 is 1.93 bits per heavy atom. The van der Waals surface area contributed by atoms with Gasteiger partial charge in [0, 0.05) is 55.7 Å². The lowest BCUT2D eigenvalue weighted by atomic mass is 9.96. The van der Waals surface area contributed by atoms with Crippen molar-refractivity contribution in [1.29, 1.82) is 0 Å². The molecule has 4 aromatic rings. The smallest absolute Gasteiger partial charge is 0.406 e. The molecule has 216 valence electrons. The lowest BCUT2D eigenvalue weighted by Crippen LogP contribution is -2.47. The number of hydrogen-bond acceptors (Lipinski definition) is 7. The Labute approximate surface area is 230 Å². The highest BCUT2D eigenvalue weighted by Gasteiger charge is 2.32. The van der Waals surface area contributed by atoms with E-state index in [1.807, 2.05) is 6.07 Å². The third-order valence-corrected chi connectivity index (χ3v) is 6.75. The lowest BCUT2D eigenvalue weighted by Gasteiger charge is -2.38. The van der Waals surface area contributed by atoms with Crippen molar-refractivity contribution in [3.63, 3.8) is 0 Å². The number of hydrogen-bond donors (Lipinski definition) is 2. The first kappa shape index (κ1) is 28.0. The zero-order valence-electron chi connectivity index (χ0n) is 21.9. The number of rotatable bonds is 10. The van der Waals surface area contributed by atoms with Crippen molar-refractivity contribution in [1.82, 2.24) is 40.4 Å². The van der Waals surface area contributed by atoms with Gasteiger partial charge in [-0.1, -0.05) is 5.21 Å². The van der Waals surface area contributed by atoms with Crippen molar-refractivity contribution in [3.8, 4) is 5.75 Å². The van der Waals surface area contributed by atoms with Gasteiger partial charge in [-0.05, 0) is 49.6 Å². The van der Waals surface area contributed by atoms with Crippen molar-refractivity contribution in [2.75, 3.05) is 13.1 Å². The number of unbranched alkanes of at least 4 members (excludes halogenated alkanes) is 1. The van der Waals surface area contributed by atoms with Crippen LogP contribution in [0.1, 0.15) is 53.1 Å². The first-order valence-electron chi connectivity index (χ1n) is 12.9. The minimum Gasteiger partial charge on any atom is -0.406 e. The summed E-state index contributed by atoms with van der Waals surface area (Å²) in [5.74, 6) is -1.68. The number of aromatic amines is 1. The minimum atomic E-state index is -4.92. The molecule has 11 nitrogen and oxygen atoms in total. The van der Waals surface area contributed by atoms with Gasteiger partial charge in [0.25, 0.3) is 5.91 Å². The van der Waals surface area contributed by atoms with Crippen LogP contribution in [0.15, 0.2) is 36.5 Å². The van der Waals surface area contributed by atoms with Crippen LogP contribution < -0.4 is 10.1 Å². The highest BCUT2D eigenvalue weighted by atomic mass is 19.4. The van der Waals surface area contributed by atoms with Crippen molar-refractivity contribution in [2.45, 2.75) is 51.6 Å². The predicted molar refractivity (Wildman–Crippen MR) is 136 cm³/mol. The molecule has 1 aliphatic rings. The van der Waals surface area contributed by atoms with E-state index < -0.39 is 23.8 Å². The average molecular weight is 575 g/mol. The van der Waals surface area contributed by atoms with E-state index in [4.69, 9.17) is 0 Å². The summed E-state index contributed by atoms with van der Waals surface area (Å²) in [5.41, 5.74) is 2.42. The highest BCUT2D eigenvalue weighted by Crippen LogP contribution is 2.29. The Hall–Kier alpha value is -4.56. The number of carbonyl (C=O) groups excluding carboxylic acids is 2. The maximum Gasteiger partial charge on any atom is 0.573 e. The van der Waals surface area contributed by atoms with Gasteiger partial charge in [-0.3, -0.25) is 14.3 Å². The van der Waals surface area contributed by atoms with E-state index in [-0.39, 0.29) is 29.6 Å². The van der Waals surface area contributed by atoms with E-state index in [0.29, 0.717) is 31.7 Å². The average Bonchev–Trinajstić information content (AvgIpc) is 3.51. The molecule has 0 spiro atoms. The quantitative estimate of drug-likeness (QED) is 0.219. The van der Waals surface area contributed by atoms with Crippen LogP contribution in [0.5, 0.6) is 5.75 Å². The number of aromatic nitrogens is 6. The topological polar surface area (TPSA) is 131 Å². The van der Waals surface area contributed by atoms with Crippen LogP contribution in [0.2, 0.25) is 0 Å². The van der Waals surface area contributed by atoms with E-state index in [9.17, 15) is 27.2 Å². The second-order valence-electron chi connectivity index (χ2n) is 9.79. The number of halogens is 4. The number of aryl methyl sites for hydroxylation is 2. The molecule has 0 unspecified atom stereocenters. The fraction of sp³-hybridized carbons (Fsp3) is 0.385. The minimum absolute atomic E-state index is 0.00873. The van der Waals surface area contributed by atoms with Gasteiger partial charge < -0.3 is 19.9 Å². The Kier molecular flexibility index (Phi) is 7.85. The molecule has 0 saturated carbocycles. The summed E-state index contributed by atoms with van der Waals surface area (Å²) >= 11 is 0. The highest BCUT2D eigenvalue weighted by molar-refractivity contribution is 5.91. The molecule has 15 heteroatoms. The lowest BCUT2D eigenvalue weighted by molar-refractivity contribution is -0.274. The second-order valence-corrected chi connectivity index (χ2v) is 9.79. The number of alkyl halides is 3. The first-order chi connectivity index (χ1) is 19.5. The van der Waals surface area contributed by atoms with E-state index in [1.165, 1.54) is 10.9 Å². The number of amides is 2. The Bertz CT molecular complexity index is 1560. The van der Waals surface area contributed by atoms with Crippen molar-refractivity contribution in [2.24, 2.45) is 0 Å². The van der Waals surface area contributed by atoms with Crippen molar-refractivity contribution < 1.29 is 31.9 Å². The monoisotopic (exact) mass is 574 g/mol. The van der Waals surface area contributed by atoms with Crippen LogP contribution in [-0.2, 0) is 24.3 Å². The number of nitrogens with zero attached hydrogens (tertiary/aromatic N) is 6. The molecule has 3 aromatic heterocycles. The van der Waals surface area contributed by atoms with Crippen LogP contribution in [0.3, 0.4) is 0 Å². The summed E-state index contributed by atoms with van der Waals surface area (Å²) in [6, 6.07) is 6.60. The van der Waals surface area contributed by atoms with Gasteiger partial charge in [0.15, 0.2) is 11.3 Å². The normalized spacial score (nSPS) is 13.8. The second kappa shape index (κ2) is 11.5. The van der Waals surface area contributed by atoms with Crippen molar-refractivity contribution in [3.05, 3.63) is 65.0 Å². The van der Waals surface area contributed by atoms with Gasteiger partial charge in [-0.2, -0.15) is 5.10 Å². The molecule has 0 radical (unpaired) electrons. The van der Waals surface area contributed by atoms with Gasteiger partial charge in [0.1, 0.15) is 11.6 Å². The van der Waals surface area contributed by atoms with E-state index in [2.05, 4.69) is 41.6 Å². The Balaban J connectivity index is 1.07. The Morgan fingerprint density at radius 3 is 2.68 bits per heavy atom. The molecule has 2 N–H and O–H groups in total. The molecule has 41 heavy (non-hydrogen) atoms. The van der Waals surface area contributed by atoms with Crippen LogP contribution in [0, 0.1) is 5.82 Å². The molecule has 0 atom stereocenters. The van der Waals surface area contributed by atoms with Gasteiger partial charge in [0.2, 0.25) is 5.91 Å². The molecular formula is C26H26F4N8O3. The van der Waals surface area contributed by atoms with Crippen molar-refractivity contribution >= 4 is 22.8 Å². The van der Waals surface area contributed by atoms with Crippen LogP contribution >= 0.6 is 0 Å². The van der Waals surface area contributed by atoms with E-state index in [1.54, 1.807) is 11.8 Å². The number of H-pyrrole nitrogens is 1. The molecule has 0 bridgehead atoms. The molecule has 5 rings (SSSR count). The molecule has 1 saturated heterocycles. The maximum absolute atomic E-state index is 14.0. The fourth-order valence-corrected chi connectivity index (χ4v) is 4.51. The molecular weight excluding hydrogens is 548 g/mol. The summed E-state index contributed by atoms with van der Waals surface area (Å²) in [6.07, 6.45) is -1.28. The summed E-state index contributed by atoms with van der Waals surface area (Å²) in [7, 11) is 0. The number of benzene rings is 1. The molecule has 1 fully saturated rings. The Morgan fingerprint density at radius 1 is 1.12 bits per heavy atom. The van der Waals surface area contributed by atoms with E-state index in [0.717, 1.165) is 47.8 Å². The van der Waals surface area contributed by atoms with Gasteiger partial charge >= 0.3 is 6.36 Å². The first-order valence-corrected chi connectivity index (χ1v) is 12.9. The number of nitrogens with one attached hydrogen (secondary N) is 2. The summed E-state index contributed by atoms with van der Waals surface area (Å²) in [4.78, 5) is 28.9. The summed E-state index contributed by atoms with van der Waals surface area (Å²) < 4.78 is 56.5. The molecule has 2 amide bonds. The van der Waals surface area contributed by atoms with Crippen LogP contribution in [0.25, 0.3) is 11.0 Å². The molecule has 4 heterocycles. The molecule has 0 aliphatic carbocycles. The zero-order valence-corrected chi connectivity index (χ0v) is 21.9. The standard InChI is InChI=1S/C26H26F4N8O3/c1-15(39)37-12-18(13-37)22-10-16-8-19(33-35-24(16)32-22)4-2-3-7-38-14-23(34-36-38)25(40)31-11-17-9-20(5-6-21(17)27)41-26(28,29)30/h5-6,8-10,14,18H,2-4,7,11-13H2,1H3,(H,31,40)(H,32,35). The summed E-state index contributed by atoms with van der Waals surface area (Å²) in [6.45, 7) is 3.08. The number of ether oxygens (including phenoxy) is 1. The van der Waals surface area contributed by atoms with Gasteiger partial charge in [0.05, 0.1) is 11.9 Å². The SMILES string of the molecule is CC(=O)N1CC(c2cc3cc(CCCCn4cc(C(=O)NCc5cc(OC(F)(F)F)ccc5F)nn4)nnc3[nH]2)C1. The van der Waals surface area contributed by atoms with Crippen LogP contribution in [-0.4, -0.2) is 66.3 Å². The zero-order chi connectivity index (χ0) is 29.1. The predicted octanol–water partition coefficient (Wildman–Crippen LogP) is 3.49. The number of likely N-dealkylation sites (tertiary alicyclic amines) is 1. The third kappa shape index (κ3) is 6.96. The van der Waals surface area contributed by atoms with Crippen LogP contribution in [0.4, 0.5) is 17.6 Å². The third-order valence-electron chi connectivity index (χ3n) is 6.75. The number of fused-ring (bicyclic) bond motifs is 1. The molecule has 1 aliphatic heterocycles. The fourth-order valence-electron chi connectivity index (χ4n) is 4.51. The summed E-state index contributed by atoms with van der Waals surface area (Å²) in [5, 5.41) is 19.7. The largest absolute Gasteiger partial charge is 0.573 e.